The van der Waals surface area contributed by atoms with E-state index in [9.17, 15) is 9.00 Å². The Labute approximate surface area is 161 Å². The first-order chi connectivity index (χ1) is 13.1. The fraction of sp³-hybridized carbons (Fsp3) is 0.273. The Kier molecular flexibility index (Phi) is 5.03. The first kappa shape index (κ1) is 17.9. The Morgan fingerprint density at radius 1 is 1.11 bits per heavy atom. The minimum Gasteiger partial charge on any atom is -0.360 e. The highest BCUT2D eigenvalue weighted by molar-refractivity contribution is 7.84. The zero-order valence-electron chi connectivity index (χ0n) is 15.2. The van der Waals surface area contributed by atoms with Crippen LogP contribution in [0.4, 0.5) is 0 Å². The topological polar surface area (TPSA) is 60.2 Å². The van der Waals surface area contributed by atoms with Crippen LogP contribution in [0.1, 0.15) is 51.6 Å². The third kappa shape index (κ3) is 3.93. The van der Waals surface area contributed by atoms with Gasteiger partial charge in [0, 0.05) is 33.4 Å². The molecule has 138 valence electrons. The summed E-state index contributed by atoms with van der Waals surface area (Å²) in [6.07, 6.45) is 6.81. The minimum atomic E-state index is -1.09. The van der Waals surface area contributed by atoms with E-state index in [4.69, 9.17) is 4.52 Å². The van der Waals surface area contributed by atoms with Crippen molar-refractivity contribution in [2.45, 2.75) is 36.5 Å². The average molecular weight is 379 g/mol. The lowest BCUT2D eigenvalue weighted by molar-refractivity contribution is 0.103. The molecule has 1 heterocycles. The number of hydrogen-bond donors (Lipinski definition) is 0. The molecular weight excluding hydrogens is 358 g/mol. The van der Waals surface area contributed by atoms with Gasteiger partial charge in [0.15, 0.2) is 11.5 Å². The van der Waals surface area contributed by atoms with Crippen LogP contribution in [0.25, 0.3) is 0 Å². The van der Waals surface area contributed by atoms with Gasteiger partial charge in [-0.2, -0.15) is 0 Å². The van der Waals surface area contributed by atoms with Crippen LogP contribution < -0.4 is 0 Å². The fourth-order valence-corrected chi connectivity index (χ4v) is 3.87. The normalized spacial score (nSPS) is 14.9. The van der Waals surface area contributed by atoms with Gasteiger partial charge >= 0.3 is 0 Å². The summed E-state index contributed by atoms with van der Waals surface area (Å²) in [5, 5.41) is 3.85. The number of aryl methyl sites for hydroxylation is 2. The number of nitrogens with zero attached hydrogens (tertiary/aromatic N) is 1. The smallest absolute Gasteiger partial charge is 0.198 e. The summed E-state index contributed by atoms with van der Waals surface area (Å²) >= 11 is 0. The maximum Gasteiger partial charge on any atom is 0.198 e. The molecule has 1 aliphatic rings. The summed E-state index contributed by atoms with van der Waals surface area (Å²) in [6, 6.07) is 15.6. The van der Waals surface area contributed by atoms with Gasteiger partial charge in [0.25, 0.3) is 0 Å². The number of hydrogen-bond acceptors (Lipinski definition) is 4. The number of ketones is 1. The average Bonchev–Trinajstić information content (AvgIpc) is 3.42. The van der Waals surface area contributed by atoms with E-state index in [1.165, 1.54) is 11.8 Å². The first-order valence-corrected chi connectivity index (χ1v) is 10.7. The predicted molar refractivity (Wildman–Crippen MR) is 105 cm³/mol. The Morgan fingerprint density at radius 3 is 2.59 bits per heavy atom. The summed E-state index contributed by atoms with van der Waals surface area (Å²) in [4.78, 5) is 13.9. The first-order valence-electron chi connectivity index (χ1n) is 9.13. The van der Waals surface area contributed by atoms with Gasteiger partial charge in [-0.15, -0.1) is 0 Å². The highest BCUT2D eigenvalue weighted by Gasteiger charge is 2.33. The Balaban J connectivity index is 1.67. The van der Waals surface area contributed by atoms with Crippen LogP contribution in [0.2, 0.25) is 0 Å². The van der Waals surface area contributed by atoms with Crippen molar-refractivity contribution in [1.29, 1.82) is 0 Å². The number of carbonyl (C=O) groups excluding carboxylic acids is 1. The van der Waals surface area contributed by atoms with Gasteiger partial charge in [0.1, 0.15) is 0 Å². The maximum atomic E-state index is 13.2. The lowest BCUT2D eigenvalue weighted by Crippen LogP contribution is -2.08. The molecule has 0 bridgehead atoms. The largest absolute Gasteiger partial charge is 0.360 e. The van der Waals surface area contributed by atoms with Crippen molar-refractivity contribution in [3.05, 3.63) is 82.7 Å². The van der Waals surface area contributed by atoms with Crippen molar-refractivity contribution >= 4 is 16.6 Å². The molecule has 1 saturated carbocycles. The monoisotopic (exact) mass is 379 g/mol. The molecule has 0 aliphatic heterocycles. The number of rotatable bonds is 7. The van der Waals surface area contributed by atoms with E-state index >= 15 is 0 Å². The van der Waals surface area contributed by atoms with E-state index in [0.29, 0.717) is 29.2 Å². The second-order valence-electron chi connectivity index (χ2n) is 6.97. The molecule has 0 spiro atoms. The summed E-state index contributed by atoms with van der Waals surface area (Å²) < 4.78 is 17.3. The summed E-state index contributed by atoms with van der Waals surface area (Å²) in [7, 11) is -1.09. The molecule has 1 aliphatic carbocycles. The third-order valence-electron chi connectivity index (χ3n) is 4.97. The summed E-state index contributed by atoms with van der Waals surface area (Å²) in [5.74, 6) is 0.966. The van der Waals surface area contributed by atoms with Crippen molar-refractivity contribution in [2.75, 3.05) is 6.26 Å². The van der Waals surface area contributed by atoms with Gasteiger partial charge in [0.05, 0.1) is 11.8 Å². The van der Waals surface area contributed by atoms with Crippen molar-refractivity contribution in [3.63, 3.8) is 0 Å². The Bertz CT molecular complexity index is 990. The highest BCUT2D eigenvalue weighted by atomic mass is 32.2. The van der Waals surface area contributed by atoms with Crippen LogP contribution in [0.15, 0.2) is 64.1 Å². The van der Waals surface area contributed by atoms with E-state index in [1.807, 2.05) is 24.3 Å². The Hall–Kier alpha value is -2.53. The highest BCUT2D eigenvalue weighted by Crippen LogP contribution is 2.42. The number of benzene rings is 2. The second-order valence-corrected chi connectivity index (χ2v) is 8.35. The number of carbonyl (C=O) groups is 1. The second kappa shape index (κ2) is 7.61. The molecule has 1 unspecified atom stereocenters. The molecule has 0 radical (unpaired) electrons. The van der Waals surface area contributed by atoms with Gasteiger partial charge < -0.3 is 4.52 Å². The van der Waals surface area contributed by atoms with E-state index in [0.717, 1.165) is 29.7 Å². The number of aromatic nitrogens is 1. The zero-order chi connectivity index (χ0) is 18.8. The molecule has 1 fully saturated rings. The molecule has 0 N–H and O–H groups in total. The van der Waals surface area contributed by atoms with Crippen LogP contribution in [-0.2, 0) is 23.6 Å². The molecule has 5 heteroatoms. The summed E-state index contributed by atoms with van der Waals surface area (Å²) in [5.41, 5.74) is 3.33. The quantitative estimate of drug-likeness (QED) is 0.574. The molecule has 4 rings (SSSR count). The van der Waals surface area contributed by atoms with Crippen LogP contribution in [0, 0.1) is 0 Å². The fourth-order valence-electron chi connectivity index (χ4n) is 3.31. The van der Waals surface area contributed by atoms with Gasteiger partial charge in [-0.05, 0) is 55.0 Å². The molecule has 27 heavy (non-hydrogen) atoms. The zero-order valence-corrected chi connectivity index (χ0v) is 16.0. The van der Waals surface area contributed by atoms with Gasteiger partial charge in [-0.25, -0.2) is 0 Å². The van der Waals surface area contributed by atoms with E-state index < -0.39 is 10.8 Å². The van der Waals surface area contributed by atoms with Crippen LogP contribution in [-0.4, -0.2) is 21.4 Å². The van der Waals surface area contributed by atoms with Crippen molar-refractivity contribution in [3.8, 4) is 0 Å². The molecule has 3 aromatic rings. The molecule has 4 nitrogen and oxygen atoms in total. The maximum absolute atomic E-state index is 13.2. The third-order valence-corrected chi connectivity index (χ3v) is 5.89. The van der Waals surface area contributed by atoms with Crippen LogP contribution in [0.5, 0.6) is 0 Å². The van der Waals surface area contributed by atoms with Crippen molar-refractivity contribution < 1.29 is 13.5 Å². The van der Waals surface area contributed by atoms with E-state index in [-0.39, 0.29) is 5.78 Å². The standard InChI is InChI=1S/C22H21NO3S/c1-27(25)18-11-12-19(17(13-18)8-7-15-5-3-2-4-6-15)21(24)20-14-23-26-22(20)16-9-10-16/h2-6,11-14,16H,7-10H2,1H3. The molecular formula is C22H21NO3S. The van der Waals surface area contributed by atoms with Crippen LogP contribution >= 0.6 is 0 Å². The molecule has 1 atom stereocenters. The Morgan fingerprint density at radius 2 is 1.89 bits per heavy atom. The predicted octanol–water partition coefficient (Wildman–Crippen LogP) is 4.31. The van der Waals surface area contributed by atoms with E-state index in [1.54, 1.807) is 18.4 Å². The lowest BCUT2D eigenvalue weighted by Gasteiger charge is -2.11. The van der Waals surface area contributed by atoms with Crippen molar-refractivity contribution in [1.82, 2.24) is 5.16 Å². The lowest BCUT2D eigenvalue weighted by atomic mass is 9.94. The summed E-state index contributed by atoms with van der Waals surface area (Å²) in [6.45, 7) is 0. The van der Waals surface area contributed by atoms with Gasteiger partial charge in [-0.1, -0.05) is 35.5 Å². The molecule has 0 amide bonds. The van der Waals surface area contributed by atoms with Crippen LogP contribution in [0.3, 0.4) is 0 Å². The molecule has 0 saturated heterocycles. The van der Waals surface area contributed by atoms with Gasteiger partial charge in [0.2, 0.25) is 0 Å². The molecule has 1 aromatic heterocycles. The van der Waals surface area contributed by atoms with Gasteiger partial charge in [-0.3, -0.25) is 9.00 Å². The van der Waals surface area contributed by atoms with E-state index in [2.05, 4.69) is 17.3 Å². The van der Waals surface area contributed by atoms with Crippen molar-refractivity contribution in [2.24, 2.45) is 0 Å². The minimum absolute atomic E-state index is 0.0605. The molecule has 2 aromatic carbocycles. The SMILES string of the molecule is CS(=O)c1ccc(C(=O)c2cnoc2C2CC2)c(CCc2ccccc2)c1.